The summed E-state index contributed by atoms with van der Waals surface area (Å²) in [6.07, 6.45) is 3.57. The largest absolute Gasteiger partial charge is 0.497 e. The average Bonchev–Trinajstić information content (AvgIpc) is 2.99. The number of benzene rings is 2. The van der Waals surface area contributed by atoms with Crippen molar-refractivity contribution in [2.75, 3.05) is 26.7 Å². The van der Waals surface area contributed by atoms with E-state index >= 15 is 0 Å². The summed E-state index contributed by atoms with van der Waals surface area (Å²) in [6.45, 7) is 5.69. The monoisotopic (exact) mass is 576 g/mol. The second-order valence-corrected chi connectivity index (χ2v) is 10.8. The van der Waals surface area contributed by atoms with Gasteiger partial charge in [-0.3, -0.25) is 14.4 Å². The molecule has 0 radical (unpaired) electrons. The van der Waals surface area contributed by atoms with Crippen molar-refractivity contribution in [2.24, 2.45) is 22.8 Å². The van der Waals surface area contributed by atoms with E-state index in [2.05, 4.69) is 5.32 Å². The molecule has 1 unspecified atom stereocenters. The van der Waals surface area contributed by atoms with Crippen LogP contribution in [-0.2, 0) is 27.3 Å². The first-order valence-corrected chi connectivity index (χ1v) is 14.5. The summed E-state index contributed by atoms with van der Waals surface area (Å²) in [6, 6.07) is 17.1. The van der Waals surface area contributed by atoms with Gasteiger partial charge in [-0.05, 0) is 55.0 Å². The number of aliphatic hydroxyl groups excluding tert-OH is 1. The van der Waals surface area contributed by atoms with Crippen molar-refractivity contribution >= 4 is 17.7 Å². The van der Waals surface area contributed by atoms with E-state index in [0.29, 0.717) is 25.4 Å². The first-order valence-electron chi connectivity index (χ1n) is 14.5. The third-order valence-electron chi connectivity index (χ3n) is 7.78. The molecule has 0 saturated heterocycles. The van der Waals surface area contributed by atoms with Gasteiger partial charge in [-0.15, -0.1) is 0 Å². The minimum Gasteiger partial charge on any atom is -0.497 e. The third-order valence-corrected chi connectivity index (χ3v) is 7.78. The number of hydrogen-bond donors (Lipinski definition) is 4. The van der Waals surface area contributed by atoms with Gasteiger partial charge < -0.3 is 31.5 Å². The fourth-order valence-corrected chi connectivity index (χ4v) is 5.62. The van der Waals surface area contributed by atoms with Crippen LogP contribution in [0, 0.1) is 11.3 Å². The van der Waals surface area contributed by atoms with Gasteiger partial charge in [0, 0.05) is 43.2 Å². The highest BCUT2D eigenvalue weighted by molar-refractivity contribution is 6.03. The standard InChI is InChI=1S/C33H44N4O5/c1-4-15-37(16-5-2)31(40)26-18-25(30(34)39)19-33(20-26,32(35)41)28(17-23-11-13-27(42-3)14-12-23)29(38)22-36-21-24-9-7-6-8-10-24/h6-14,18-19,28-29,36,38H,4-5,15-17,20-22H2,1-3H3,(H2,34,39)(H2,35,41)/t28-,29+,33?/m1/s1. The fourth-order valence-electron chi connectivity index (χ4n) is 5.62. The molecule has 9 heteroatoms. The van der Waals surface area contributed by atoms with Crippen LogP contribution in [0.25, 0.3) is 0 Å². The first-order chi connectivity index (χ1) is 20.1. The number of nitrogens with one attached hydrogen (secondary N) is 1. The Morgan fingerprint density at radius 1 is 1.00 bits per heavy atom. The van der Waals surface area contributed by atoms with Gasteiger partial charge in [0.2, 0.25) is 17.7 Å². The lowest BCUT2D eigenvalue weighted by atomic mass is 9.63. The number of hydrogen-bond acceptors (Lipinski definition) is 6. The number of nitrogens with two attached hydrogens (primary N) is 2. The Labute approximate surface area is 248 Å². The highest BCUT2D eigenvalue weighted by Crippen LogP contribution is 2.44. The quantitative estimate of drug-likeness (QED) is 0.242. The minimum atomic E-state index is -1.55. The van der Waals surface area contributed by atoms with Crippen molar-refractivity contribution in [3.8, 4) is 5.75 Å². The second kappa shape index (κ2) is 15.3. The van der Waals surface area contributed by atoms with Crippen LogP contribution in [0.3, 0.4) is 0 Å². The fraction of sp³-hybridized carbons (Fsp3) is 0.424. The molecule has 2 aromatic rings. The molecule has 0 bridgehead atoms. The summed E-state index contributed by atoms with van der Waals surface area (Å²) in [5.74, 6) is -1.90. The normalized spacial score (nSPS) is 17.9. The van der Waals surface area contributed by atoms with E-state index in [9.17, 15) is 19.5 Å². The van der Waals surface area contributed by atoms with Crippen molar-refractivity contribution in [1.29, 1.82) is 0 Å². The van der Waals surface area contributed by atoms with E-state index in [1.54, 1.807) is 24.1 Å². The Balaban J connectivity index is 2.04. The van der Waals surface area contributed by atoms with Gasteiger partial charge in [-0.2, -0.15) is 0 Å². The maximum absolute atomic E-state index is 13.7. The van der Waals surface area contributed by atoms with Gasteiger partial charge in [0.1, 0.15) is 5.75 Å². The Hall–Kier alpha value is -3.95. The molecule has 0 aliphatic heterocycles. The Morgan fingerprint density at radius 3 is 2.19 bits per heavy atom. The number of aliphatic hydroxyl groups is 1. The second-order valence-electron chi connectivity index (χ2n) is 10.8. The smallest absolute Gasteiger partial charge is 0.249 e. The van der Waals surface area contributed by atoms with Gasteiger partial charge in [-0.25, -0.2) is 0 Å². The molecular weight excluding hydrogens is 532 g/mol. The molecule has 0 spiro atoms. The number of amides is 3. The summed E-state index contributed by atoms with van der Waals surface area (Å²) in [7, 11) is 1.57. The summed E-state index contributed by atoms with van der Waals surface area (Å²) >= 11 is 0. The number of carbonyl (C=O) groups excluding carboxylic acids is 3. The predicted molar refractivity (Wildman–Crippen MR) is 163 cm³/mol. The number of ether oxygens (including phenoxy) is 1. The van der Waals surface area contributed by atoms with Crippen LogP contribution in [0.1, 0.15) is 44.2 Å². The molecule has 0 heterocycles. The van der Waals surface area contributed by atoms with Crippen LogP contribution in [0.15, 0.2) is 77.9 Å². The summed E-state index contributed by atoms with van der Waals surface area (Å²) in [5, 5.41) is 15.0. The molecule has 2 aromatic carbocycles. The summed E-state index contributed by atoms with van der Waals surface area (Å²) in [4.78, 5) is 41.5. The Morgan fingerprint density at radius 2 is 1.64 bits per heavy atom. The van der Waals surface area contributed by atoms with Crippen molar-refractivity contribution in [3.05, 3.63) is 89.0 Å². The molecule has 226 valence electrons. The number of rotatable bonds is 16. The highest BCUT2D eigenvalue weighted by Gasteiger charge is 2.49. The average molecular weight is 577 g/mol. The van der Waals surface area contributed by atoms with Crippen molar-refractivity contribution in [3.63, 3.8) is 0 Å². The SMILES string of the molecule is CCCN(CCC)C(=O)C1=CC(C(N)=O)=CC(C(N)=O)([C@H](Cc2ccc(OC)cc2)[C@@H](O)CNCc2ccccc2)C1. The number of primary amides is 2. The van der Waals surface area contributed by atoms with E-state index in [0.717, 1.165) is 24.0 Å². The highest BCUT2D eigenvalue weighted by atomic mass is 16.5. The number of carbonyl (C=O) groups is 3. The lowest BCUT2D eigenvalue weighted by Crippen LogP contribution is -2.52. The van der Waals surface area contributed by atoms with E-state index in [1.165, 1.54) is 12.2 Å². The molecule has 9 nitrogen and oxygen atoms in total. The van der Waals surface area contributed by atoms with Crippen LogP contribution in [0.4, 0.5) is 0 Å². The van der Waals surface area contributed by atoms with Gasteiger partial charge in [0.05, 0.1) is 18.6 Å². The number of methoxy groups -OCH3 is 1. The molecule has 1 aliphatic carbocycles. The lowest BCUT2D eigenvalue weighted by Gasteiger charge is -2.42. The number of nitrogens with zero attached hydrogens (tertiary/aromatic N) is 1. The van der Waals surface area contributed by atoms with Crippen LogP contribution in [0.5, 0.6) is 5.75 Å². The van der Waals surface area contributed by atoms with Gasteiger partial charge in [-0.1, -0.05) is 62.4 Å². The molecule has 3 rings (SSSR count). The van der Waals surface area contributed by atoms with Crippen LogP contribution in [0.2, 0.25) is 0 Å². The summed E-state index contributed by atoms with van der Waals surface area (Å²) in [5.41, 5.74) is 12.5. The molecule has 0 aromatic heterocycles. The van der Waals surface area contributed by atoms with Crippen LogP contribution >= 0.6 is 0 Å². The molecule has 42 heavy (non-hydrogen) atoms. The first kappa shape index (κ1) is 32.6. The molecule has 0 saturated carbocycles. The van der Waals surface area contributed by atoms with Gasteiger partial charge in [0.15, 0.2) is 0 Å². The molecule has 0 fully saturated rings. The molecule has 6 N–H and O–H groups in total. The minimum absolute atomic E-state index is 0.0283. The van der Waals surface area contributed by atoms with Crippen molar-refractivity contribution < 1.29 is 24.2 Å². The maximum Gasteiger partial charge on any atom is 0.249 e. The Kier molecular flexibility index (Phi) is 11.9. The van der Waals surface area contributed by atoms with E-state index < -0.39 is 29.3 Å². The third kappa shape index (κ3) is 8.08. The van der Waals surface area contributed by atoms with Crippen LogP contribution < -0.4 is 21.5 Å². The zero-order valence-electron chi connectivity index (χ0n) is 24.8. The molecule has 1 aliphatic rings. The lowest BCUT2D eigenvalue weighted by molar-refractivity contribution is -0.132. The van der Waals surface area contributed by atoms with E-state index in [-0.39, 0.29) is 36.4 Å². The maximum atomic E-state index is 13.7. The predicted octanol–water partition coefficient (Wildman–Crippen LogP) is 2.87. The molecular formula is C33H44N4O5. The van der Waals surface area contributed by atoms with Crippen molar-refractivity contribution in [1.82, 2.24) is 10.2 Å². The zero-order chi connectivity index (χ0) is 30.7. The molecule has 3 atom stereocenters. The van der Waals surface area contributed by atoms with E-state index in [1.807, 2.05) is 56.3 Å². The van der Waals surface area contributed by atoms with Gasteiger partial charge >= 0.3 is 0 Å². The Bertz CT molecular complexity index is 1270. The van der Waals surface area contributed by atoms with E-state index in [4.69, 9.17) is 16.2 Å². The topological polar surface area (TPSA) is 148 Å². The molecule has 3 amide bonds. The van der Waals surface area contributed by atoms with Crippen LogP contribution in [-0.4, -0.2) is 60.6 Å². The van der Waals surface area contributed by atoms with Crippen molar-refractivity contribution in [2.45, 2.75) is 52.2 Å². The van der Waals surface area contributed by atoms with Gasteiger partial charge in [0.25, 0.3) is 0 Å². The summed E-state index contributed by atoms with van der Waals surface area (Å²) < 4.78 is 5.29. The zero-order valence-corrected chi connectivity index (χ0v) is 24.8.